The smallest absolute Gasteiger partial charge is 0.274 e. The molecule has 2 aliphatic heterocycles. The normalized spacial score (nSPS) is 20.0. The number of rotatable bonds is 2. The van der Waals surface area contributed by atoms with E-state index in [0.29, 0.717) is 18.1 Å². The SMILES string of the molecule is COc1c(C)cccc1C1O[C@@H]2CCOO[n+]3cccc(c32)-c2ccc(Cl)cc21. The molecule has 0 N–H and O–H groups in total. The molecule has 0 aliphatic carbocycles. The van der Waals surface area contributed by atoms with Crippen LogP contribution in [0.4, 0.5) is 0 Å². The predicted octanol–water partition coefficient (Wildman–Crippen LogP) is 4.54. The molecule has 5 nitrogen and oxygen atoms in total. The van der Waals surface area contributed by atoms with Crippen LogP contribution in [0.15, 0.2) is 54.7 Å². The third kappa shape index (κ3) is 3.06. The lowest BCUT2D eigenvalue weighted by Crippen LogP contribution is -2.45. The third-order valence-electron chi connectivity index (χ3n) is 5.51. The van der Waals surface area contributed by atoms with Crippen LogP contribution < -0.4 is 14.5 Å². The Morgan fingerprint density at radius 3 is 2.83 bits per heavy atom. The van der Waals surface area contributed by atoms with Crippen molar-refractivity contribution < 1.29 is 24.1 Å². The first kappa shape index (κ1) is 18.4. The number of methoxy groups -OCH3 is 1. The fourth-order valence-electron chi connectivity index (χ4n) is 4.26. The van der Waals surface area contributed by atoms with Gasteiger partial charge in [0.15, 0.2) is 6.10 Å². The van der Waals surface area contributed by atoms with Crippen molar-refractivity contribution in [1.82, 2.24) is 0 Å². The van der Waals surface area contributed by atoms with Crippen molar-refractivity contribution in [3.63, 3.8) is 0 Å². The first-order valence-electron chi connectivity index (χ1n) is 9.60. The van der Waals surface area contributed by atoms with E-state index in [1.54, 1.807) is 11.8 Å². The number of para-hydroxylation sites is 1. The molecular formula is C23H21ClNO4+. The van der Waals surface area contributed by atoms with Gasteiger partial charge in [-0.05, 0) is 41.8 Å². The zero-order chi connectivity index (χ0) is 20.0. The summed E-state index contributed by atoms with van der Waals surface area (Å²) in [6.07, 6.45) is 1.95. The number of nitrogens with zero attached hydrogens (tertiary/aromatic N) is 1. The number of hydrogen-bond donors (Lipinski definition) is 0. The number of benzene rings is 2. The highest BCUT2D eigenvalue weighted by atomic mass is 35.5. The molecule has 1 unspecified atom stereocenters. The summed E-state index contributed by atoms with van der Waals surface area (Å²) in [6, 6.07) is 16.1. The molecule has 148 valence electrons. The zero-order valence-electron chi connectivity index (χ0n) is 16.2. The molecule has 3 aromatic rings. The van der Waals surface area contributed by atoms with Crippen LogP contribution in [-0.2, 0) is 9.62 Å². The van der Waals surface area contributed by atoms with Gasteiger partial charge in [-0.2, -0.15) is 0 Å². The molecule has 2 aromatic carbocycles. The van der Waals surface area contributed by atoms with Gasteiger partial charge in [0.1, 0.15) is 18.5 Å². The van der Waals surface area contributed by atoms with Crippen LogP contribution in [0.5, 0.6) is 5.75 Å². The Hall–Kier alpha value is -2.60. The molecule has 2 aliphatic rings. The molecule has 29 heavy (non-hydrogen) atoms. The summed E-state index contributed by atoms with van der Waals surface area (Å²) in [7, 11) is 1.69. The third-order valence-corrected chi connectivity index (χ3v) is 5.75. The van der Waals surface area contributed by atoms with E-state index in [1.165, 1.54) is 0 Å². The molecular weight excluding hydrogens is 390 g/mol. The second-order valence-electron chi connectivity index (χ2n) is 7.25. The zero-order valence-corrected chi connectivity index (χ0v) is 17.0. The molecule has 3 heterocycles. The Kier molecular flexibility index (Phi) is 4.66. The van der Waals surface area contributed by atoms with E-state index >= 15 is 0 Å². The molecule has 0 spiro atoms. The minimum absolute atomic E-state index is 0.213. The number of ether oxygens (including phenoxy) is 2. The number of hydrogen-bond acceptors (Lipinski definition) is 4. The minimum atomic E-state index is -0.345. The van der Waals surface area contributed by atoms with Crippen LogP contribution in [0.2, 0.25) is 5.02 Å². The highest BCUT2D eigenvalue weighted by Gasteiger charge is 2.40. The Balaban J connectivity index is 1.79. The van der Waals surface area contributed by atoms with Crippen LogP contribution >= 0.6 is 11.6 Å². The van der Waals surface area contributed by atoms with Crippen molar-refractivity contribution in [1.29, 1.82) is 0 Å². The second kappa shape index (κ2) is 7.34. The molecule has 1 aromatic heterocycles. The molecule has 6 heteroatoms. The van der Waals surface area contributed by atoms with E-state index in [0.717, 1.165) is 39.3 Å². The van der Waals surface area contributed by atoms with Gasteiger partial charge in [-0.25, -0.2) is 0 Å². The van der Waals surface area contributed by atoms with Gasteiger partial charge in [0, 0.05) is 23.1 Å². The lowest BCUT2D eigenvalue weighted by atomic mass is 9.91. The predicted molar refractivity (Wildman–Crippen MR) is 108 cm³/mol. The summed E-state index contributed by atoms with van der Waals surface area (Å²) >= 11 is 6.42. The first-order valence-corrected chi connectivity index (χ1v) is 9.98. The number of aryl methyl sites for hydroxylation is 1. The average Bonchev–Trinajstić information content (AvgIpc) is 3.01. The molecule has 0 saturated heterocycles. The fraction of sp³-hybridized carbons (Fsp3) is 0.261. The van der Waals surface area contributed by atoms with Crippen molar-refractivity contribution in [3.8, 4) is 16.9 Å². The lowest BCUT2D eigenvalue weighted by molar-refractivity contribution is -0.961. The Bertz CT molecular complexity index is 1080. The summed E-state index contributed by atoms with van der Waals surface area (Å²) < 4.78 is 14.2. The largest absolute Gasteiger partial charge is 0.496 e. The molecule has 5 rings (SSSR count). The average molecular weight is 411 g/mol. The molecule has 0 amide bonds. The van der Waals surface area contributed by atoms with Crippen molar-refractivity contribution in [2.24, 2.45) is 0 Å². The van der Waals surface area contributed by atoms with Crippen LogP contribution in [0.1, 0.15) is 41.0 Å². The summed E-state index contributed by atoms with van der Waals surface area (Å²) in [6.45, 7) is 2.47. The topological polar surface area (TPSA) is 40.8 Å². The molecule has 2 atom stereocenters. The van der Waals surface area contributed by atoms with Gasteiger partial charge in [-0.15, -0.1) is 4.89 Å². The summed E-state index contributed by atoms with van der Waals surface area (Å²) in [5.74, 6) is 0.823. The minimum Gasteiger partial charge on any atom is -0.496 e. The number of pyridine rings is 1. The van der Waals surface area contributed by atoms with Gasteiger partial charge < -0.3 is 9.47 Å². The van der Waals surface area contributed by atoms with Crippen LogP contribution in [0, 0.1) is 6.92 Å². The highest BCUT2D eigenvalue weighted by Crippen LogP contribution is 2.47. The van der Waals surface area contributed by atoms with E-state index in [9.17, 15) is 0 Å². The van der Waals surface area contributed by atoms with Gasteiger partial charge in [-0.1, -0.05) is 40.9 Å². The van der Waals surface area contributed by atoms with E-state index in [-0.39, 0.29) is 12.2 Å². The van der Waals surface area contributed by atoms with E-state index in [4.69, 9.17) is 31.0 Å². The van der Waals surface area contributed by atoms with Crippen molar-refractivity contribution in [3.05, 3.63) is 82.1 Å². The summed E-state index contributed by atoms with van der Waals surface area (Å²) in [4.78, 5) is 10.8. The van der Waals surface area contributed by atoms with Crippen LogP contribution in [0.25, 0.3) is 11.1 Å². The monoisotopic (exact) mass is 410 g/mol. The highest BCUT2D eigenvalue weighted by molar-refractivity contribution is 6.30. The molecule has 0 bridgehead atoms. The summed E-state index contributed by atoms with van der Waals surface area (Å²) in [5, 5.41) is 0.666. The molecule has 0 saturated carbocycles. The van der Waals surface area contributed by atoms with Gasteiger partial charge in [0.2, 0.25) is 6.20 Å². The fourth-order valence-corrected chi connectivity index (χ4v) is 4.44. The van der Waals surface area contributed by atoms with Crippen LogP contribution in [-0.4, -0.2) is 13.7 Å². The number of halogens is 1. The number of aromatic nitrogens is 1. The van der Waals surface area contributed by atoms with Gasteiger partial charge in [-0.3, -0.25) is 0 Å². The Morgan fingerprint density at radius 2 is 1.97 bits per heavy atom. The Labute approximate surface area is 174 Å². The van der Waals surface area contributed by atoms with E-state index in [2.05, 4.69) is 12.1 Å². The Morgan fingerprint density at radius 1 is 1.07 bits per heavy atom. The maximum absolute atomic E-state index is 6.74. The lowest BCUT2D eigenvalue weighted by Gasteiger charge is -2.24. The molecule has 0 fully saturated rings. The maximum Gasteiger partial charge on any atom is 0.274 e. The van der Waals surface area contributed by atoms with Crippen LogP contribution in [0.3, 0.4) is 0 Å². The van der Waals surface area contributed by atoms with Gasteiger partial charge in [0.25, 0.3) is 5.69 Å². The molecule has 0 radical (unpaired) electrons. The van der Waals surface area contributed by atoms with E-state index in [1.807, 2.05) is 49.5 Å². The van der Waals surface area contributed by atoms with Crippen molar-refractivity contribution in [2.45, 2.75) is 25.6 Å². The maximum atomic E-state index is 6.74. The summed E-state index contributed by atoms with van der Waals surface area (Å²) in [5.41, 5.74) is 6.07. The van der Waals surface area contributed by atoms with E-state index < -0.39 is 0 Å². The first-order chi connectivity index (χ1) is 14.2. The quantitative estimate of drug-likeness (QED) is 0.459. The van der Waals surface area contributed by atoms with Gasteiger partial charge in [0.05, 0.1) is 17.4 Å². The second-order valence-corrected chi connectivity index (χ2v) is 7.69. The van der Waals surface area contributed by atoms with Gasteiger partial charge >= 0.3 is 0 Å². The number of fused-ring (bicyclic) bond motifs is 2. The standard InChI is InChI=1S/C23H21ClNO4/c1-14-5-3-6-18(22(14)26-2)23-19-13-15(24)8-9-16(19)17-7-4-11-25-21(17)20(28-23)10-12-27-29-25/h3-9,11,13,20,23H,10,12H2,1-2H3/q+1/t20-,23?/m1/s1. The van der Waals surface area contributed by atoms with Crippen molar-refractivity contribution >= 4 is 11.6 Å². The van der Waals surface area contributed by atoms with Crippen molar-refractivity contribution in [2.75, 3.05) is 13.7 Å².